The van der Waals surface area contributed by atoms with E-state index in [1.807, 2.05) is 12.1 Å². The molecule has 0 saturated carbocycles. The minimum atomic E-state index is 0.309. The monoisotopic (exact) mass is 190 g/mol. The van der Waals surface area contributed by atoms with E-state index in [2.05, 4.69) is 24.8 Å². The van der Waals surface area contributed by atoms with Crippen LogP contribution in [0.5, 0.6) is 0 Å². The van der Waals surface area contributed by atoms with E-state index >= 15 is 0 Å². The first kappa shape index (κ1) is 11.0. The smallest absolute Gasteiger partial charge is 0.0431 e. The molecule has 1 rings (SSSR count). The van der Waals surface area contributed by atoms with Crippen LogP contribution in [-0.4, -0.2) is 11.7 Å². The van der Waals surface area contributed by atoms with Crippen molar-refractivity contribution in [3.05, 3.63) is 42.0 Å². The summed E-state index contributed by atoms with van der Waals surface area (Å²) in [5, 5.41) is 8.65. The van der Waals surface area contributed by atoms with Gasteiger partial charge in [-0.25, -0.2) is 0 Å². The van der Waals surface area contributed by atoms with Gasteiger partial charge in [-0.15, -0.1) is 0 Å². The highest BCUT2D eigenvalue weighted by Gasteiger charge is 1.97. The Morgan fingerprint density at radius 2 is 1.93 bits per heavy atom. The highest BCUT2D eigenvalue weighted by molar-refractivity contribution is 5.51. The second-order valence-corrected chi connectivity index (χ2v) is 3.44. The molecular weight excluding hydrogens is 172 g/mol. The summed E-state index contributed by atoms with van der Waals surface area (Å²) >= 11 is 0. The van der Waals surface area contributed by atoms with Crippen molar-refractivity contribution in [2.75, 3.05) is 6.61 Å². The average Bonchev–Trinajstić information content (AvgIpc) is 2.25. The van der Waals surface area contributed by atoms with Gasteiger partial charge in [0.25, 0.3) is 0 Å². The normalized spacial score (nSPS) is 10.1. The number of aliphatic hydroxyl groups excluding tert-OH is 1. The number of aryl methyl sites for hydroxylation is 1. The van der Waals surface area contributed by atoms with E-state index in [0.717, 1.165) is 25.7 Å². The van der Waals surface area contributed by atoms with Gasteiger partial charge in [0.1, 0.15) is 0 Å². The lowest BCUT2D eigenvalue weighted by Crippen LogP contribution is -1.90. The molecule has 0 aliphatic rings. The Morgan fingerprint density at radius 1 is 1.14 bits per heavy atom. The van der Waals surface area contributed by atoms with Gasteiger partial charge in [0.15, 0.2) is 0 Å². The van der Waals surface area contributed by atoms with Crippen molar-refractivity contribution in [2.45, 2.75) is 25.7 Å². The maximum atomic E-state index is 8.65. The van der Waals surface area contributed by atoms with Crippen LogP contribution in [0.15, 0.2) is 30.8 Å². The maximum absolute atomic E-state index is 8.65. The number of aliphatic hydroxyl groups is 1. The maximum Gasteiger partial charge on any atom is 0.0431 e. The van der Waals surface area contributed by atoms with Crippen molar-refractivity contribution in [2.24, 2.45) is 0 Å². The van der Waals surface area contributed by atoms with E-state index in [0.29, 0.717) is 6.61 Å². The molecule has 14 heavy (non-hydrogen) atoms. The average molecular weight is 190 g/mol. The third kappa shape index (κ3) is 3.35. The van der Waals surface area contributed by atoms with Gasteiger partial charge < -0.3 is 5.11 Å². The fourth-order valence-corrected chi connectivity index (χ4v) is 1.57. The molecule has 1 aromatic carbocycles. The molecule has 0 spiro atoms. The number of rotatable bonds is 6. The van der Waals surface area contributed by atoms with Crippen LogP contribution < -0.4 is 0 Å². The largest absolute Gasteiger partial charge is 0.396 e. The fraction of sp³-hybridized carbons (Fsp3) is 0.385. The quantitative estimate of drug-likeness (QED) is 0.684. The van der Waals surface area contributed by atoms with Gasteiger partial charge in [-0.05, 0) is 30.4 Å². The van der Waals surface area contributed by atoms with Crippen molar-refractivity contribution in [3.8, 4) is 0 Å². The molecular formula is C13H18O. The minimum absolute atomic E-state index is 0.309. The summed E-state index contributed by atoms with van der Waals surface area (Å²) in [6.45, 7) is 4.10. The van der Waals surface area contributed by atoms with Crippen LogP contribution in [0.25, 0.3) is 6.08 Å². The van der Waals surface area contributed by atoms with E-state index in [-0.39, 0.29) is 0 Å². The molecule has 1 aromatic rings. The Bertz CT molecular complexity index is 278. The lowest BCUT2D eigenvalue weighted by atomic mass is 10.0. The zero-order valence-corrected chi connectivity index (χ0v) is 8.58. The first-order chi connectivity index (χ1) is 6.88. The lowest BCUT2D eigenvalue weighted by molar-refractivity contribution is 0.283. The summed E-state index contributed by atoms with van der Waals surface area (Å²) in [6.07, 6.45) is 6.15. The van der Waals surface area contributed by atoms with Gasteiger partial charge >= 0.3 is 0 Å². The summed E-state index contributed by atoms with van der Waals surface area (Å²) in [4.78, 5) is 0. The zero-order chi connectivity index (χ0) is 10.2. The SMILES string of the molecule is C=Cc1ccccc1CCCCCO. The highest BCUT2D eigenvalue weighted by Crippen LogP contribution is 2.13. The Balaban J connectivity index is 2.45. The van der Waals surface area contributed by atoms with E-state index < -0.39 is 0 Å². The fourth-order valence-electron chi connectivity index (χ4n) is 1.57. The van der Waals surface area contributed by atoms with Crippen LogP contribution in [-0.2, 0) is 6.42 Å². The summed E-state index contributed by atoms with van der Waals surface area (Å²) in [5.74, 6) is 0. The van der Waals surface area contributed by atoms with Gasteiger partial charge in [0, 0.05) is 6.61 Å². The van der Waals surface area contributed by atoms with Crippen molar-refractivity contribution < 1.29 is 5.11 Å². The molecule has 0 aromatic heterocycles. The lowest BCUT2D eigenvalue weighted by Gasteiger charge is -2.04. The van der Waals surface area contributed by atoms with Crippen LogP contribution in [0.2, 0.25) is 0 Å². The molecule has 0 aliphatic heterocycles. The Hall–Kier alpha value is -1.08. The van der Waals surface area contributed by atoms with Crippen molar-refractivity contribution >= 4 is 6.08 Å². The molecule has 0 fully saturated rings. The van der Waals surface area contributed by atoms with Crippen molar-refractivity contribution in [1.82, 2.24) is 0 Å². The molecule has 0 unspecified atom stereocenters. The molecule has 1 heteroatoms. The molecule has 0 saturated heterocycles. The molecule has 0 amide bonds. The number of hydrogen-bond acceptors (Lipinski definition) is 1. The van der Waals surface area contributed by atoms with E-state index in [1.54, 1.807) is 0 Å². The van der Waals surface area contributed by atoms with Crippen LogP contribution in [0, 0.1) is 0 Å². The first-order valence-corrected chi connectivity index (χ1v) is 5.19. The van der Waals surface area contributed by atoms with E-state index in [1.165, 1.54) is 11.1 Å². The summed E-state index contributed by atoms with van der Waals surface area (Å²) in [6, 6.07) is 8.34. The third-order valence-corrected chi connectivity index (χ3v) is 2.38. The summed E-state index contributed by atoms with van der Waals surface area (Å²) in [5.41, 5.74) is 2.59. The van der Waals surface area contributed by atoms with Crippen LogP contribution in [0.4, 0.5) is 0 Å². The molecule has 1 N–H and O–H groups in total. The molecule has 0 radical (unpaired) electrons. The van der Waals surface area contributed by atoms with E-state index in [9.17, 15) is 0 Å². The molecule has 0 heterocycles. The van der Waals surface area contributed by atoms with Gasteiger partial charge in [-0.2, -0.15) is 0 Å². The van der Waals surface area contributed by atoms with Crippen LogP contribution in [0.1, 0.15) is 30.4 Å². The van der Waals surface area contributed by atoms with Gasteiger partial charge in [-0.3, -0.25) is 0 Å². The number of unbranched alkanes of at least 4 members (excludes halogenated alkanes) is 2. The second kappa shape index (κ2) is 6.39. The van der Waals surface area contributed by atoms with Gasteiger partial charge in [0.05, 0.1) is 0 Å². The Labute approximate surface area is 86.1 Å². The van der Waals surface area contributed by atoms with Crippen LogP contribution in [0.3, 0.4) is 0 Å². The summed E-state index contributed by atoms with van der Waals surface area (Å²) in [7, 11) is 0. The standard InChI is InChI=1S/C13H18O/c1-2-12-8-5-6-10-13(12)9-4-3-7-11-14/h2,5-6,8,10,14H,1,3-4,7,9,11H2. The molecule has 0 aliphatic carbocycles. The minimum Gasteiger partial charge on any atom is -0.396 e. The molecule has 0 atom stereocenters. The second-order valence-electron chi connectivity index (χ2n) is 3.44. The predicted molar refractivity (Wildman–Crippen MR) is 61.2 cm³/mol. The number of benzene rings is 1. The Morgan fingerprint density at radius 3 is 2.64 bits per heavy atom. The molecule has 1 nitrogen and oxygen atoms in total. The highest BCUT2D eigenvalue weighted by atomic mass is 16.2. The summed E-state index contributed by atoms with van der Waals surface area (Å²) < 4.78 is 0. The van der Waals surface area contributed by atoms with Gasteiger partial charge in [0.2, 0.25) is 0 Å². The number of hydrogen-bond donors (Lipinski definition) is 1. The van der Waals surface area contributed by atoms with Crippen molar-refractivity contribution in [3.63, 3.8) is 0 Å². The topological polar surface area (TPSA) is 20.2 Å². The van der Waals surface area contributed by atoms with Crippen molar-refractivity contribution in [1.29, 1.82) is 0 Å². The predicted octanol–water partition coefficient (Wildman–Crippen LogP) is 3.03. The first-order valence-electron chi connectivity index (χ1n) is 5.19. The molecule has 0 bridgehead atoms. The molecule has 76 valence electrons. The third-order valence-electron chi connectivity index (χ3n) is 2.38. The zero-order valence-electron chi connectivity index (χ0n) is 8.58. The van der Waals surface area contributed by atoms with Gasteiger partial charge in [-0.1, -0.05) is 43.3 Å². The van der Waals surface area contributed by atoms with E-state index in [4.69, 9.17) is 5.11 Å². The van der Waals surface area contributed by atoms with Crippen LogP contribution >= 0.6 is 0 Å². The Kier molecular flexibility index (Phi) is 5.02.